The number of aliphatic carboxylic acids is 1. The maximum Gasteiger partial charge on any atom is 0.332 e. The van der Waals surface area contributed by atoms with Crippen LogP contribution in [-0.4, -0.2) is 48.4 Å². The van der Waals surface area contributed by atoms with E-state index in [0.717, 1.165) is 0 Å². The number of nitrogens with one attached hydrogen (secondary N) is 1. The van der Waals surface area contributed by atoms with Gasteiger partial charge in [0.25, 0.3) is 10.0 Å². The number of hydrogen-bond acceptors (Lipinski definition) is 5. The third-order valence-electron chi connectivity index (χ3n) is 3.71. The molecule has 0 bridgehead atoms. The molecule has 1 aliphatic carbocycles. The summed E-state index contributed by atoms with van der Waals surface area (Å²) in [6, 6.07) is 3.32. The van der Waals surface area contributed by atoms with E-state index in [1.807, 2.05) is 0 Å². The number of hydrogen-bond donors (Lipinski definition) is 2. The molecule has 2 aliphatic rings. The van der Waals surface area contributed by atoms with Gasteiger partial charge in [-0.1, -0.05) is 0 Å². The molecule has 1 spiro atoms. The smallest absolute Gasteiger partial charge is 0.332 e. The third kappa shape index (κ3) is 2.74. The van der Waals surface area contributed by atoms with Crippen molar-refractivity contribution in [2.45, 2.75) is 23.9 Å². The zero-order valence-corrected chi connectivity index (χ0v) is 12.5. The lowest BCUT2D eigenvalue weighted by Gasteiger charge is -2.32. The minimum Gasteiger partial charge on any atom is -0.478 e. The second-order valence-corrected chi connectivity index (χ2v) is 7.01. The first-order valence-electron chi connectivity index (χ1n) is 6.80. The van der Waals surface area contributed by atoms with Crippen molar-refractivity contribution in [3.8, 4) is 0 Å². The van der Waals surface area contributed by atoms with Gasteiger partial charge in [-0.2, -0.15) is 0 Å². The lowest BCUT2D eigenvalue weighted by Crippen LogP contribution is -2.43. The van der Waals surface area contributed by atoms with Crippen LogP contribution in [0.3, 0.4) is 0 Å². The molecular formula is C13H16N2O6S. The average Bonchev–Trinajstić information content (AvgIpc) is 3.10. The lowest BCUT2D eigenvalue weighted by molar-refractivity contribution is -0.138. The fraction of sp³-hybridized carbons (Fsp3) is 0.462. The highest BCUT2D eigenvalue weighted by atomic mass is 32.2. The van der Waals surface area contributed by atoms with E-state index in [2.05, 4.69) is 4.83 Å². The Bertz CT molecular complexity index is 688. The summed E-state index contributed by atoms with van der Waals surface area (Å²) in [5.74, 6) is -2.39. The van der Waals surface area contributed by atoms with Crippen LogP contribution in [0, 0.1) is 0 Å². The molecule has 8 nitrogen and oxygen atoms in total. The highest BCUT2D eigenvalue weighted by Gasteiger charge is 2.45. The largest absolute Gasteiger partial charge is 0.478 e. The Kier molecular flexibility index (Phi) is 3.71. The summed E-state index contributed by atoms with van der Waals surface area (Å²) < 4.78 is 37.1. The van der Waals surface area contributed by atoms with Gasteiger partial charge in [-0.3, -0.25) is 4.68 Å². The second kappa shape index (κ2) is 5.41. The summed E-state index contributed by atoms with van der Waals surface area (Å²) in [7, 11) is -3.89. The maximum atomic E-state index is 12.5. The Morgan fingerprint density at radius 3 is 2.55 bits per heavy atom. The Morgan fingerprint density at radius 2 is 1.95 bits per heavy atom. The normalized spacial score (nSPS) is 24.2. The molecule has 120 valence electrons. The lowest BCUT2D eigenvalue weighted by atomic mass is 9.94. The number of sulfonamides is 1. The number of aromatic nitrogens is 1. The summed E-state index contributed by atoms with van der Waals surface area (Å²) in [5, 5.41) is 8.20. The molecular weight excluding hydrogens is 312 g/mol. The van der Waals surface area contributed by atoms with Gasteiger partial charge in [0.1, 0.15) is 5.25 Å². The molecule has 0 saturated carbocycles. The molecule has 0 amide bonds. The van der Waals surface area contributed by atoms with E-state index in [1.165, 1.54) is 23.1 Å². The molecule has 1 fully saturated rings. The van der Waals surface area contributed by atoms with Crippen molar-refractivity contribution < 1.29 is 27.8 Å². The standard InChI is InChI=1S/C13H16N2O6S/c16-12(17)10-9-13(20-7-8-21-13)4-3-11(10)22(18,19)14-15-5-1-2-6-15/h1-2,5-6,9,11,14H,3-4,7-8H2,(H,16,17). The molecule has 2 heterocycles. The van der Waals surface area contributed by atoms with Crippen molar-refractivity contribution in [1.82, 2.24) is 4.68 Å². The Hall–Kier alpha value is -1.84. The summed E-state index contributed by atoms with van der Waals surface area (Å²) in [5.41, 5.74) is -0.229. The van der Waals surface area contributed by atoms with E-state index in [0.29, 0.717) is 19.6 Å². The van der Waals surface area contributed by atoms with Crippen LogP contribution in [0.2, 0.25) is 0 Å². The van der Waals surface area contributed by atoms with Crippen LogP contribution in [0.4, 0.5) is 0 Å². The zero-order valence-electron chi connectivity index (χ0n) is 11.6. The molecule has 22 heavy (non-hydrogen) atoms. The van der Waals surface area contributed by atoms with Gasteiger partial charge in [0.15, 0.2) is 5.79 Å². The predicted molar refractivity (Wildman–Crippen MR) is 76.1 cm³/mol. The monoisotopic (exact) mass is 328 g/mol. The van der Waals surface area contributed by atoms with Gasteiger partial charge in [-0.25, -0.2) is 18.0 Å². The van der Waals surface area contributed by atoms with Crippen LogP contribution in [0.25, 0.3) is 0 Å². The Morgan fingerprint density at radius 1 is 1.32 bits per heavy atom. The first kappa shape index (κ1) is 15.1. The second-order valence-electron chi connectivity index (χ2n) is 5.17. The topological polar surface area (TPSA) is 107 Å². The van der Waals surface area contributed by atoms with Crippen molar-refractivity contribution >= 4 is 16.0 Å². The van der Waals surface area contributed by atoms with Crippen LogP contribution >= 0.6 is 0 Å². The summed E-state index contributed by atoms with van der Waals surface area (Å²) in [4.78, 5) is 13.8. The van der Waals surface area contributed by atoms with Crippen molar-refractivity contribution in [2.75, 3.05) is 18.0 Å². The molecule has 0 radical (unpaired) electrons. The molecule has 1 aromatic rings. The molecule has 2 N–H and O–H groups in total. The highest BCUT2D eigenvalue weighted by molar-refractivity contribution is 7.93. The third-order valence-corrected chi connectivity index (χ3v) is 5.42. The van der Waals surface area contributed by atoms with E-state index in [4.69, 9.17) is 9.47 Å². The predicted octanol–water partition coefficient (Wildman–Crippen LogP) is 0.278. The van der Waals surface area contributed by atoms with Crippen LogP contribution in [0.15, 0.2) is 36.2 Å². The Balaban J connectivity index is 1.91. The number of carboxylic acid groups (broad SMARTS) is 1. The minimum absolute atomic E-state index is 0.106. The van der Waals surface area contributed by atoms with Crippen molar-refractivity contribution in [2.24, 2.45) is 0 Å². The number of rotatable bonds is 4. The van der Waals surface area contributed by atoms with Gasteiger partial charge in [0.05, 0.1) is 18.8 Å². The molecule has 1 atom stereocenters. The van der Waals surface area contributed by atoms with Crippen LogP contribution in [0.1, 0.15) is 12.8 Å². The molecule has 1 aromatic heterocycles. The van der Waals surface area contributed by atoms with Crippen molar-refractivity contribution in [1.29, 1.82) is 0 Å². The zero-order chi connectivity index (χ0) is 15.8. The van der Waals surface area contributed by atoms with Gasteiger partial charge in [0.2, 0.25) is 0 Å². The van der Waals surface area contributed by atoms with Crippen LogP contribution in [0.5, 0.6) is 0 Å². The first-order chi connectivity index (χ1) is 10.4. The quantitative estimate of drug-likeness (QED) is 0.822. The fourth-order valence-electron chi connectivity index (χ4n) is 2.72. The first-order valence-corrected chi connectivity index (χ1v) is 8.35. The molecule has 1 saturated heterocycles. The minimum atomic E-state index is -3.89. The van der Waals surface area contributed by atoms with E-state index in [1.54, 1.807) is 12.1 Å². The molecule has 9 heteroatoms. The van der Waals surface area contributed by atoms with Crippen LogP contribution in [-0.2, 0) is 24.3 Å². The van der Waals surface area contributed by atoms with E-state index < -0.39 is 27.0 Å². The average molecular weight is 328 g/mol. The van der Waals surface area contributed by atoms with Gasteiger partial charge >= 0.3 is 5.97 Å². The van der Waals surface area contributed by atoms with Crippen molar-refractivity contribution in [3.63, 3.8) is 0 Å². The number of ether oxygens (including phenoxy) is 2. The van der Waals surface area contributed by atoms with Gasteiger partial charge in [-0.15, -0.1) is 0 Å². The SMILES string of the molecule is O=C(O)C1=CC2(CCC1S(=O)(=O)Nn1cccc1)OCCO2. The Labute approximate surface area is 127 Å². The number of carbonyl (C=O) groups is 1. The molecule has 3 rings (SSSR count). The van der Waals surface area contributed by atoms with Gasteiger partial charge in [-0.05, 0) is 24.6 Å². The number of carboxylic acids is 1. The van der Waals surface area contributed by atoms with Crippen LogP contribution < -0.4 is 4.83 Å². The van der Waals surface area contributed by atoms with Crippen molar-refractivity contribution in [3.05, 3.63) is 36.2 Å². The maximum absolute atomic E-state index is 12.5. The summed E-state index contributed by atoms with van der Waals surface area (Å²) >= 11 is 0. The summed E-state index contributed by atoms with van der Waals surface area (Å²) in [6.45, 7) is 0.727. The van der Waals surface area contributed by atoms with E-state index in [-0.39, 0.29) is 12.0 Å². The van der Waals surface area contributed by atoms with E-state index in [9.17, 15) is 18.3 Å². The molecule has 1 unspecified atom stereocenters. The van der Waals surface area contributed by atoms with Gasteiger partial charge < -0.3 is 14.6 Å². The van der Waals surface area contributed by atoms with Gasteiger partial charge in [0, 0.05) is 18.8 Å². The highest BCUT2D eigenvalue weighted by Crippen LogP contribution is 2.36. The molecule has 0 aromatic carbocycles. The number of nitrogens with zero attached hydrogens (tertiary/aromatic N) is 1. The fourth-order valence-corrected chi connectivity index (χ4v) is 4.19. The van der Waals surface area contributed by atoms with E-state index >= 15 is 0 Å². The summed E-state index contributed by atoms with van der Waals surface area (Å²) in [6.07, 6.45) is 4.73. The molecule has 1 aliphatic heterocycles.